The van der Waals surface area contributed by atoms with Crippen molar-refractivity contribution < 1.29 is 5.11 Å². The highest BCUT2D eigenvalue weighted by Crippen LogP contribution is 2.36. The first-order chi connectivity index (χ1) is 10.2. The van der Waals surface area contributed by atoms with Crippen LogP contribution in [-0.2, 0) is 6.42 Å². The van der Waals surface area contributed by atoms with E-state index in [1.165, 1.54) is 11.3 Å². The highest BCUT2D eigenvalue weighted by atomic mass is 16.3. The first-order valence-corrected chi connectivity index (χ1v) is 7.19. The van der Waals surface area contributed by atoms with Crippen LogP contribution in [0, 0.1) is 6.92 Å². The minimum atomic E-state index is 0.297. The molecule has 3 aromatic rings. The third-order valence-electron chi connectivity index (χ3n) is 4.16. The Labute approximate surface area is 123 Å². The van der Waals surface area contributed by atoms with Crippen LogP contribution in [0.5, 0.6) is 5.75 Å². The number of rotatable bonds is 1. The van der Waals surface area contributed by atoms with Crippen LogP contribution in [0.1, 0.15) is 11.1 Å². The van der Waals surface area contributed by atoms with Gasteiger partial charge in [-0.05, 0) is 48.7 Å². The van der Waals surface area contributed by atoms with E-state index in [-0.39, 0.29) is 0 Å². The van der Waals surface area contributed by atoms with Gasteiger partial charge < -0.3 is 10.0 Å². The Morgan fingerprint density at radius 2 is 1.95 bits per heavy atom. The highest BCUT2D eigenvalue weighted by Gasteiger charge is 2.21. The summed E-state index contributed by atoms with van der Waals surface area (Å²) in [6.45, 7) is 2.98. The van der Waals surface area contributed by atoms with Crippen LogP contribution in [0.15, 0.2) is 48.5 Å². The number of phenolic OH excluding ortho intramolecular Hbond substituents is 1. The smallest absolute Gasteiger partial charge is 0.133 e. The molecule has 4 rings (SSSR count). The summed E-state index contributed by atoms with van der Waals surface area (Å²) in [4.78, 5) is 7.00. The van der Waals surface area contributed by atoms with Crippen LogP contribution >= 0.6 is 0 Å². The van der Waals surface area contributed by atoms with Crippen molar-refractivity contribution in [2.24, 2.45) is 0 Å². The number of fused-ring (bicyclic) bond motifs is 2. The van der Waals surface area contributed by atoms with Crippen LogP contribution in [0.3, 0.4) is 0 Å². The van der Waals surface area contributed by atoms with Crippen LogP contribution < -0.4 is 4.90 Å². The second kappa shape index (κ2) is 4.48. The lowest BCUT2D eigenvalue weighted by Gasteiger charge is -2.20. The molecule has 3 heteroatoms. The maximum absolute atomic E-state index is 10.0. The standard InChI is InChI=1S/C18H16N2O/c1-12-11-17(19-14-6-4-8-16(21)18(12)14)20-10-9-13-5-2-3-7-15(13)20/h2-8,11,21H,9-10H2,1H3. The molecule has 104 valence electrons. The molecule has 0 aliphatic carbocycles. The molecule has 1 aromatic heterocycles. The average molecular weight is 276 g/mol. The van der Waals surface area contributed by atoms with Crippen molar-refractivity contribution in [1.82, 2.24) is 4.98 Å². The molecule has 1 aliphatic heterocycles. The molecule has 0 atom stereocenters. The number of anilines is 2. The van der Waals surface area contributed by atoms with Crippen molar-refractivity contribution in [2.45, 2.75) is 13.3 Å². The molecule has 0 unspecified atom stereocenters. The molecule has 0 amide bonds. The van der Waals surface area contributed by atoms with Crippen molar-refractivity contribution in [1.29, 1.82) is 0 Å². The minimum Gasteiger partial charge on any atom is -0.507 e. The summed E-state index contributed by atoms with van der Waals surface area (Å²) in [7, 11) is 0. The highest BCUT2D eigenvalue weighted by molar-refractivity contribution is 5.90. The van der Waals surface area contributed by atoms with E-state index in [4.69, 9.17) is 4.98 Å². The summed E-state index contributed by atoms with van der Waals surface area (Å²) >= 11 is 0. The number of nitrogens with zero attached hydrogens (tertiary/aromatic N) is 2. The zero-order chi connectivity index (χ0) is 14.4. The molecule has 0 bridgehead atoms. The van der Waals surface area contributed by atoms with E-state index < -0.39 is 0 Å². The molecular formula is C18H16N2O. The quantitative estimate of drug-likeness (QED) is 0.731. The van der Waals surface area contributed by atoms with Crippen LogP contribution in [0.4, 0.5) is 11.5 Å². The lowest BCUT2D eigenvalue weighted by Crippen LogP contribution is -2.15. The minimum absolute atomic E-state index is 0.297. The Hall–Kier alpha value is -2.55. The molecule has 2 aromatic carbocycles. The lowest BCUT2D eigenvalue weighted by molar-refractivity contribution is 0.481. The Morgan fingerprint density at radius 3 is 2.86 bits per heavy atom. The summed E-state index contributed by atoms with van der Waals surface area (Å²) in [5.74, 6) is 1.25. The van der Waals surface area contributed by atoms with E-state index >= 15 is 0 Å². The lowest BCUT2D eigenvalue weighted by atomic mass is 10.1. The molecule has 21 heavy (non-hydrogen) atoms. The van der Waals surface area contributed by atoms with Gasteiger partial charge in [0, 0.05) is 17.6 Å². The number of benzene rings is 2. The van der Waals surface area contributed by atoms with Crippen LogP contribution in [0.25, 0.3) is 10.9 Å². The average Bonchev–Trinajstić information content (AvgIpc) is 2.91. The summed E-state index contributed by atoms with van der Waals surface area (Å²) in [6.07, 6.45) is 1.05. The molecule has 0 saturated carbocycles. The number of hydrogen-bond acceptors (Lipinski definition) is 3. The molecule has 1 N–H and O–H groups in total. The number of para-hydroxylation sites is 1. The largest absolute Gasteiger partial charge is 0.507 e. The van der Waals surface area contributed by atoms with Gasteiger partial charge in [0.2, 0.25) is 0 Å². The van der Waals surface area contributed by atoms with Gasteiger partial charge in [0.1, 0.15) is 11.6 Å². The van der Waals surface area contributed by atoms with E-state index in [0.717, 1.165) is 35.2 Å². The summed E-state index contributed by atoms with van der Waals surface area (Å²) in [5.41, 5.74) is 4.50. The number of aryl methyl sites for hydroxylation is 1. The maximum atomic E-state index is 10.0. The Balaban J connectivity index is 1.89. The van der Waals surface area contributed by atoms with Gasteiger partial charge in [-0.1, -0.05) is 24.3 Å². The van der Waals surface area contributed by atoms with E-state index in [9.17, 15) is 5.11 Å². The number of aromatic nitrogens is 1. The summed E-state index contributed by atoms with van der Waals surface area (Å²) < 4.78 is 0. The predicted octanol–water partition coefficient (Wildman–Crippen LogP) is 3.94. The maximum Gasteiger partial charge on any atom is 0.133 e. The van der Waals surface area contributed by atoms with Gasteiger partial charge in [0.05, 0.1) is 5.52 Å². The number of aromatic hydroxyl groups is 1. The van der Waals surface area contributed by atoms with Crippen molar-refractivity contribution >= 4 is 22.4 Å². The van der Waals surface area contributed by atoms with Gasteiger partial charge in [0.15, 0.2) is 0 Å². The first kappa shape index (κ1) is 12.2. The molecule has 1 aliphatic rings. The Morgan fingerprint density at radius 1 is 1.10 bits per heavy atom. The van der Waals surface area contributed by atoms with E-state index in [0.29, 0.717) is 5.75 Å². The fourth-order valence-corrected chi connectivity index (χ4v) is 3.16. The molecule has 0 saturated heterocycles. The molecule has 2 heterocycles. The van der Waals surface area contributed by atoms with Crippen molar-refractivity contribution in [3.8, 4) is 5.75 Å². The van der Waals surface area contributed by atoms with Crippen LogP contribution in [-0.4, -0.2) is 16.6 Å². The summed E-state index contributed by atoms with van der Waals surface area (Å²) in [6, 6.07) is 16.0. The van der Waals surface area contributed by atoms with Crippen LogP contribution in [0.2, 0.25) is 0 Å². The molecule has 0 radical (unpaired) electrons. The Kier molecular flexibility index (Phi) is 2.61. The molecular weight excluding hydrogens is 260 g/mol. The topological polar surface area (TPSA) is 36.4 Å². The fraction of sp³-hybridized carbons (Fsp3) is 0.167. The third-order valence-corrected chi connectivity index (χ3v) is 4.16. The zero-order valence-corrected chi connectivity index (χ0v) is 11.9. The van der Waals surface area contributed by atoms with Crippen molar-refractivity contribution in [2.75, 3.05) is 11.4 Å². The summed E-state index contributed by atoms with van der Waals surface area (Å²) in [5, 5.41) is 10.9. The number of pyridine rings is 1. The fourth-order valence-electron chi connectivity index (χ4n) is 3.16. The van der Waals surface area contributed by atoms with E-state index in [1.807, 2.05) is 19.1 Å². The van der Waals surface area contributed by atoms with Gasteiger partial charge in [-0.2, -0.15) is 0 Å². The van der Waals surface area contributed by atoms with Gasteiger partial charge in [-0.15, -0.1) is 0 Å². The monoisotopic (exact) mass is 276 g/mol. The zero-order valence-electron chi connectivity index (χ0n) is 11.9. The predicted molar refractivity (Wildman–Crippen MR) is 85.3 cm³/mol. The third kappa shape index (κ3) is 1.85. The SMILES string of the molecule is Cc1cc(N2CCc3ccccc32)nc2cccc(O)c12. The van der Waals surface area contributed by atoms with Gasteiger partial charge in [0.25, 0.3) is 0 Å². The molecule has 3 nitrogen and oxygen atoms in total. The Bertz CT molecular complexity index is 842. The second-order valence-corrected chi connectivity index (χ2v) is 5.50. The van der Waals surface area contributed by atoms with Crippen molar-refractivity contribution in [3.63, 3.8) is 0 Å². The van der Waals surface area contributed by atoms with Gasteiger partial charge >= 0.3 is 0 Å². The van der Waals surface area contributed by atoms with Crippen molar-refractivity contribution in [3.05, 3.63) is 59.7 Å². The first-order valence-electron chi connectivity index (χ1n) is 7.19. The number of phenols is 1. The molecule has 0 fully saturated rings. The van der Waals surface area contributed by atoms with E-state index in [2.05, 4.69) is 35.2 Å². The molecule has 0 spiro atoms. The second-order valence-electron chi connectivity index (χ2n) is 5.50. The van der Waals surface area contributed by atoms with Gasteiger partial charge in [-0.25, -0.2) is 4.98 Å². The van der Waals surface area contributed by atoms with Gasteiger partial charge in [-0.3, -0.25) is 0 Å². The van der Waals surface area contributed by atoms with E-state index in [1.54, 1.807) is 6.07 Å². The normalized spacial score (nSPS) is 13.7. The number of hydrogen-bond donors (Lipinski definition) is 1.